The molecule has 27 heavy (non-hydrogen) atoms. The zero-order chi connectivity index (χ0) is 19.2. The third-order valence-corrected chi connectivity index (χ3v) is 4.75. The number of carbonyl (C=O) groups is 1. The predicted molar refractivity (Wildman–Crippen MR) is 101 cm³/mol. The van der Waals surface area contributed by atoms with Crippen molar-refractivity contribution in [2.24, 2.45) is 7.05 Å². The molecule has 0 bridgehead atoms. The van der Waals surface area contributed by atoms with Gasteiger partial charge in [0.05, 0.1) is 17.6 Å². The van der Waals surface area contributed by atoms with Crippen LogP contribution in [0.25, 0.3) is 11.3 Å². The summed E-state index contributed by atoms with van der Waals surface area (Å²) in [6.45, 7) is -2.87. The van der Waals surface area contributed by atoms with E-state index in [1.807, 2.05) is 41.9 Å². The monoisotopic (exact) mass is 389 g/mol. The minimum atomic E-state index is -2.87. The van der Waals surface area contributed by atoms with Gasteiger partial charge in [-0.05, 0) is 29.8 Å². The second-order valence-corrected chi connectivity index (χ2v) is 6.53. The third-order valence-electron chi connectivity index (χ3n) is 3.71. The van der Waals surface area contributed by atoms with Gasteiger partial charge in [-0.15, -0.1) is 0 Å². The maximum atomic E-state index is 12.1. The lowest BCUT2D eigenvalue weighted by Gasteiger charge is -2.08. The fraction of sp³-hybridized carbons (Fsp3) is 0.158. The number of benzene rings is 2. The van der Waals surface area contributed by atoms with Crippen LogP contribution in [0.1, 0.15) is 0 Å². The molecule has 1 heterocycles. The van der Waals surface area contributed by atoms with Crippen LogP contribution in [-0.2, 0) is 11.8 Å². The SMILES string of the molecule is Cn1c(-c2ccccc2)cnc1SCC(=O)Nc1ccc(OC(F)F)cc1. The highest BCUT2D eigenvalue weighted by molar-refractivity contribution is 7.99. The van der Waals surface area contributed by atoms with E-state index >= 15 is 0 Å². The molecule has 1 N–H and O–H groups in total. The number of thioether (sulfide) groups is 1. The van der Waals surface area contributed by atoms with Gasteiger partial charge >= 0.3 is 6.61 Å². The van der Waals surface area contributed by atoms with Crippen LogP contribution in [-0.4, -0.2) is 27.8 Å². The molecule has 3 aromatic rings. The molecule has 1 aromatic heterocycles. The van der Waals surface area contributed by atoms with Crippen molar-refractivity contribution in [1.82, 2.24) is 9.55 Å². The minimum absolute atomic E-state index is 0.0406. The number of nitrogens with zero attached hydrogens (tertiary/aromatic N) is 2. The summed E-state index contributed by atoms with van der Waals surface area (Å²) in [6.07, 6.45) is 1.78. The van der Waals surface area contributed by atoms with Crippen LogP contribution in [0.2, 0.25) is 0 Å². The number of anilines is 1. The summed E-state index contributed by atoms with van der Waals surface area (Å²) in [6, 6.07) is 15.6. The molecule has 1 amide bonds. The van der Waals surface area contributed by atoms with E-state index in [0.29, 0.717) is 5.69 Å². The van der Waals surface area contributed by atoms with Gasteiger partial charge < -0.3 is 14.6 Å². The number of halogens is 2. The molecule has 0 radical (unpaired) electrons. The Hall–Kier alpha value is -2.87. The summed E-state index contributed by atoms with van der Waals surface area (Å²) >= 11 is 1.32. The number of rotatable bonds is 7. The fourth-order valence-electron chi connectivity index (χ4n) is 2.45. The van der Waals surface area contributed by atoms with Crippen molar-refractivity contribution >= 4 is 23.4 Å². The number of hydrogen-bond donors (Lipinski definition) is 1. The van der Waals surface area contributed by atoms with E-state index in [2.05, 4.69) is 15.0 Å². The Morgan fingerprint density at radius 1 is 1.19 bits per heavy atom. The van der Waals surface area contributed by atoms with E-state index in [1.54, 1.807) is 6.20 Å². The molecule has 0 spiro atoms. The topological polar surface area (TPSA) is 56.2 Å². The number of alkyl halides is 2. The highest BCUT2D eigenvalue weighted by Gasteiger charge is 2.11. The van der Waals surface area contributed by atoms with Crippen molar-refractivity contribution in [1.29, 1.82) is 0 Å². The Bertz CT molecular complexity index is 899. The molecule has 0 fully saturated rings. The number of aromatic nitrogens is 2. The summed E-state index contributed by atoms with van der Waals surface area (Å²) < 4.78 is 30.5. The molecule has 0 unspecified atom stereocenters. The third kappa shape index (κ3) is 5.07. The molecule has 5 nitrogen and oxygen atoms in total. The van der Waals surface area contributed by atoms with Gasteiger partial charge in [-0.25, -0.2) is 4.98 Å². The fourth-order valence-corrected chi connectivity index (χ4v) is 3.20. The molecule has 0 saturated heterocycles. The lowest BCUT2D eigenvalue weighted by Crippen LogP contribution is -2.14. The molecule has 2 aromatic carbocycles. The van der Waals surface area contributed by atoms with Crippen molar-refractivity contribution in [2.75, 3.05) is 11.1 Å². The number of ether oxygens (including phenoxy) is 1. The lowest BCUT2D eigenvalue weighted by atomic mass is 10.2. The van der Waals surface area contributed by atoms with Gasteiger partial charge in [-0.1, -0.05) is 42.1 Å². The van der Waals surface area contributed by atoms with Gasteiger partial charge in [0.1, 0.15) is 5.75 Å². The van der Waals surface area contributed by atoms with Crippen molar-refractivity contribution < 1.29 is 18.3 Å². The second kappa shape index (κ2) is 8.68. The quantitative estimate of drug-likeness (QED) is 0.608. The molecule has 0 saturated carbocycles. The van der Waals surface area contributed by atoms with Gasteiger partial charge in [0.15, 0.2) is 5.16 Å². The maximum Gasteiger partial charge on any atom is 0.387 e. The molecule has 0 aliphatic heterocycles. The molecule has 0 aliphatic carbocycles. The first kappa shape index (κ1) is 18.9. The largest absolute Gasteiger partial charge is 0.435 e. The van der Waals surface area contributed by atoms with Crippen LogP contribution in [0.5, 0.6) is 5.75 Å². The van der Waals surface area contributed by atoms with Gasteiger partial charge in [0.25, 0.3) is 0 Å². The van der Waals surface area contributed by atoms with Gasteiger partial charge in [0.2, 0.25) is 5.91 Å². The zero-order valence-corrected chi connectivity index (χ0v) is 15.2. The summed E-state index contributed by atoms with van der Waals surface area (Å²) in [7, 11) is 1.90. The van der Waals surface area contributed by atoms with Crippen molar-refractivity contribution in [3.63, 3.8) is 0 Å². The summed E-state index contributed by atoms with van der Waals surface area (Å²) in [5.41, 5.74) is 2.52. The summed E-state index contributed by atoms with van der Waals surface area (Å²) in [4.78, 5) is 16.5. The highest BCUT2D eigenvalue weighted by Crippen LogP contribution is 2.25. The van der Waals surface area contributed by atoms with Crippen molar-refractivity contribution in [3.05, 3.63) is 60.8 Å². The molecule has 8 heteroatoms. The summed E-state index contributed by atoms with van der Waals surface area (Å²) in [5, 5.41) is 3.44. The molecule has 0 aliphatic rings. The van der Waals surface area contributed by atoms with Crippen LogP contribution < -0.4 is 10.1 Å². The van der Waals surface area contributed by atoms with Gasteiger partial charge in [-0.3, -0.25) is 4.79 Å². The van der Waals surface area contributed by atoms with E-state index in [1.165, 1.54) is 36.0 Å². The predicted octanol–water partition coefficient (Wildman–Crippen LogP) is 4.42. The van der Waals surface area contributed by atoms with Crippen LogP contribution >= 0.6 is 11.8 Å². The Labute approximate surface area is 159 Å². The molecule has 140 valence electrons. The van der Waals surface area contributed by atoms with E-state index in [-0.39, 0.29) is 17.4 Å². The van der Waals surface area contributed by atoms with Crippen LogP contribution in [0.15, 0.2) is 66.0 Å². The summed E-state index contributed by atoms with van der Waals surface area (Å²) in [5.74, 6) is -0.000388. The van der Waals surface area contributed by atoms with Gasteiger partial charge in [0, 0.05) is 12.7 Å². The average molecular weight is 389 g/mol. The Balaban J connectivity index is 1.56. The van der Waals surface area contributed by atoms with Crippen LogP contribution in [0.3, 0.4) is 0 Å². The standard InChI is InChI=1S/C19H17F2N3O2S/c1-24-16(13-5-3-2-4-6-13)11-22-19(24)27-12-17(25)23-14-7-9-15(10-8-14)26-18(20)21/h2-11,18H,12H2,1H3,(H,23,25). The number of hydrogen-bond acceptors (Lipinski definition) is 4. The lowest BCUT2D eigenvalue weighted by molar-refractivity contribution is -0.113. The normalized spacial score (nSPS) is 10.8. The molecule has 0 atom stereocenters. The van der Waals surface area contributed by atoms with E-state index in [9.17, 15) is 13.6 Å². The van der Waals surface area contributed by atoms with Crippen LogP contribution in [0.4, 0.5) is 14.5 Å². The minimum Gasteiger partial charge on any atom is -0.435 e. The average Bonchev–Trinajstić information content (AvgIpc) is 3.02. The first-order chi connectivity index (χ1) is 13.0. The van der Waals surface area contributed by atoms with Crippen molar-refractivity contribution in [3.8, 4) is 17.0 Å². The smallest absolute Gasteiger partial charge is 0.387 e. The van der Waals surface area contributed by atoms with Crippen molar-refractivity contribution in [2.45, 2.75) is 11.8 Å². The number of amides is 1. The van der Waals surface area contributed by atoms with E-state index < -0.39 is 6.61 Å². The Morgan fingerprint density at radius 2 is 1.89 bits per heavy atom. The molecule has 3 rings (SSSR count). The maximum absolute atomic E-state index is 12.1. The Morgan fingerprint density at radius 3 is 2.56 bits per heavy atom. The van der Waals surface area contributed by atoms with E-state index in [4.69, 9.17) is 0 Å². The number of nitrogens with one attached hydrogen (secondary N) is 1. The second-order valence-electron chi connectivity index (χ2n) is 5.59. The first-order valence-electron chi connectivity index (χ1n) is 8.07. The van der Waals surface area contributed by atoms with Crippen LogP contribution in [0, 0.1) is 0 Å². The number of imidazole rings is 1. The first-order valence-corrected chi connectivity index (χ1v) is 9.06. The number of carbonyl (C=O) groups excluding carboxylic acids is 1. The van der Waals surface area contributed by atoms with E-state index in [0.717, 1.165) is 16.4 Å². The van der Waals surface area contributed by atoms with Gasteiger partial charge in [-0.2, -0.15) is 8.78 Å². The highest BCUT2D eigenvalue weighted by atomic mass is 32.2. The molecular formula is C19H17F2N3O2S. The zero-order valence-electron chi connectivity index (χ0n) is 14.4. The Kier molecular flexibility index (Phi) is 6.08. The molecular weight excluding hydrogens is 372 g/mol.